The molecule has 0 aliphatic carbocycles. The molecule has 1 aromatic carbocycles. The van der Waals surface area contributed by atoms with Crippen molar-refractivity contribution in [3.63, 3.8) is 0 Å². The van der Waals surface area contributed by atoms with Gasteiger partial charge in [-0.3, -0.25) is 14.9 Å². The number of hydrogen-bond donors (Lipinski definition) is 0. The minimum Gasteiger partial charge on any atom is -0.496 e. The number of non-ortho nitro benzene ring substituents is 1. The Morgan fingerprint density at radius 1 is 1.56 bits per heavy atom. The molecule has 1 amide bonds. The number of hydrogen-bond acceptors (Lipinski definition) is 4. The van der Waals surface area contributed by atoms with E-state index in [0.717, 1.165) is 0 Å². The normalized spacial score (nSPS) is 9.94. The number of carbonyl (C=O) groups is 1. The Morgan fingerprint density at radius 3 is 2.72 bits per heavy atom. The highest BCUT2D eigenvalue weighted by Crippen LogP contribution is 2.25. The topological polar surface area (TPSA) is 72.7 Å². The highest BCUT2D eigenvalue weighted by Gasteiger charge is 2.19. The molecule has 6 nitrogen and oxygen atoms in total. The van der Waals surface area contributed by atoms with Crippen LogP contribution in [0.5, 0.6) is 5.75 Å². The van der Waals surface area contributed by atoms with Gasteiger partial charge in [0.25, 0.3) is 11.6 Å². The molecule has 0 bridgehead atoms. The van der Waals surface area contributed by atoms with Crippen LogP contribution in [0.15, 0.2) is 18.2 Å². The van der Waals surface area contributed by atoms with Crippen molar-refractivity contribution in [3.05, 3.63) is 33.9 Å². The lowest BCUT2D eigenvalue weighted by Crippen LogP contribution is -2.28. The minimum absolute atomic E-state index is 0.122. The maximum atomic E-state index is 12.0. The predicted octanol–water partition coefficient (Wildman–Crippen LogP) is 1.91. The summed E-state index contributed by atoms with van der Waals surface area (Å²) < 4.78 is 5.00. The zero-order valence-electron chi connectivity index (χ0n) is 10.1. The van der Waals surface area contributed by atoms with Gasteiger partial charge in [-0.1, -0.05) is 0 Å². The summed E-state index contributed by atoms with van der Waals surface area (Å²) in [5, 5.41) is 10.6. The number of carbonyl (C=O) groups excluding carboxylic acids is 1. The number of halogens is 1. The summed E-state index contributed by atoms with van der Waals surface area (Å²) in [6, 6.07) is 3.87. The van der Waals surface area contributed by atoms with E-state index in [4.69, 9.17) is 16.3 Å². The molecule has 7 heteroatoms. The third-order valence-corrected chi connectivity index (χ3v) is 2.56. The maximum Gasteiger partial charge on any atom is 0.273 e. The van der Waals surface area contributed by atoms with Gasteiger partial charge in [0.2, 0.25) is 0 Å². The number of rotatable bonds is 5. The van der Waals surface area contributed by atoms with Crippen molar-refractivity contribution < 1.29 is 14.5 Å². The van der Waals surface area contributed by atoms with E-state index in [1.807, 2.05) is 0 Å². The van der Waals surface area contributed by atoms with Crippen LogP contribution in [-0.2, 0) is 0 Å². The first kappa shape index (κ1) is 14.2. The van der Waals surface area contributed by atoms with E-state index in [1.165, 1.54) is 30.2 Å². The van der Waals surface area contributed by atoms with Crippen LogP contribution in [0.4, 0.5) is 5.69 Å². The van der Waals surface area contributed by atoms with Crippen LogP contribution in [0.1, 0.15) is 10.4 Å². The van der Waals surface area contributed by atoms with Gasteiger partial charge < -0.3 is 9.64 Å². The quantitative estimate of drug-likeness (QED) is 0.466. The van der Waals surface area contributed by atoms with Crippen LogP contribution in [0.3, 0.4) is 0 Å². The summed E-state index contributed by atoms with van der Waals surface area (Å²) in [5.74, 6) is 0.204. The number of benzene rings is 1. The fourth-order valence-electron chi connectivity index (χ4n) is 1.40. The average Bonchev–Trinajstić information content (AvgIpc) is 2.37. The van der Waals surface area contributed by atoms with Gasteiger partial charge in [0.15, 0.2) is 0 Å². The zero-order valence-corrected chi connectivity index (χ0v) is 10.8. The van der Waals surface area contributed by atoms with Gasteiger partial charge in [-0.05, 0) is 6.07 Å². The summed E-state index contributed by atoms with van der Waals surface area (Å²) >= 11 is 5.55. The molecule has 0 heterocycles. The molecule has 0 aliphatic heterocycles. The minimum atomic E-state index is -0.542. The lowest BCUT2D eigenvalue weighted by molar-refractivity contribution is -0.384. The molecule has 0 unspecified atom stereocenters. The van der Waals surface area contributed by atoms with Crippen LogP contribution in [0, 0.1) is 10.1 Å². The Bertz CT molecular complexity index is 464. The lowest BCUT2D eigenvalue weighted by atomic mass is 10.1. The van der Waals surface area contributed by atoms with Gasteiger partial charge >= 0.3 is 0 Å². The van der Waals surface area contributed by atoms with Gasteiger partial charge in [-0.2, -0.15) is 0 Å². The van der Waals surface area contributed by atoms with Crippen molar-refractivity contribution >= 4 is 23.2 Å². The van der Waals surface area contributed by atoms with Gasteiger partial charge in [0.05, 0.1) is 23.7 Å². The number of ether oxygens (including phenoxy) is 1. The second kappa shape index (κ2) is 6.20. The van der Waals surface area contributed by atoms with Crippen LogP contribution < -0.4 is 4.74 Å². The molecule has 1 aromatic rings. The monoisotopic (exact) mass is 272 g/mol. The Balaban J connectivity index is 3.09. The van der Waals surface area contributed by atoms with Crippen molar-refractivity contribution in [2.75, 3.05) is 26.6 Å². The number of alkyl halides is 1. The average molecular weight is 273 g/mol. The van der Waals surface area contributed by atoms with Crippen molar-refractivity contribution in [3.8, 4) is 5.75 Å². The second-order valence-electron chi connectivity index (χ2n) is 3.56. The highest BCUT2D eigenvalue weighted by atomic mass is 35.5. The first-order valence-corrected chi connectivity index (χ1v) is 5.68. The van der Waals surface area contributed by atoms with E-state index in [2.05, 4.69) is 0 Å². The SMILES string of the molecule is COc1cc([N+](=O)[O-])ccc1C(=O)N(C)CCCl. The summed E-state index contributed by atoms with van der Waals surface area (Å²) in [6.45, 7) is 0.389. The van der Waals surface area contributed by atoms with Gasteiger partial charge in [-0.25, -0.2) is 0 Å². The summed E-state index contributed by atoms with van der Waals surface area (Å²) in [5.41, 5.74) is 0.152. The molecule has 98 valence electrons. The molecular formula is C11H13ClN2O4. The molecule has 0 saturated heterocycles. The van der Waals surface area contributed by atoms with Crippen molar-refractivity contribution in [1.82, 2.24) is 4.90 Å². The third kappa shape index (κ3) is 3.10. The summed E-state index contributed by atoms with van der Waals surface area (Å²) in [4.78, 5) is 23.5. The molecule has 0 radical (unpaired) electrons. The molecule has 0 fully saturated rings. The van der Waals surface area contributed by atoms with E-state index in [0.29, 0.717) is 12.4 Å². The predicted molar refractivity (Wildman–Crippen MR) is 67.3 cm³/mol. The van der Waals surface area contributed by atoms with Gasteiger partial charge in [-0.15, -0.1) is 11.6 Å². The van der Waals surface area contributed by atoms with Crippen molar-refractivity contribution in [1.29, 1.82) is 0 Å². The third-order valence-electron chi connectivity index (χ3n) is 2.39. The van der Waals surface area contributed by atoms with Crippen molar-refractivity contribution in [2.45, 2.75) is 0 Å². The molecule has 18 heavy (non-hydrogen) atoms. The molecule has 0 aromatic heterocycles. The first-order valence-electron chi connectivity index (χ1n) is 5.15. The van der Waals surface area contributed by atoms with Crippen LogP contribution in [-0.4, -0.2) is 42.3 Å². The number of amides is 1. The van der Waals surface area contributed by atoms with Gasteiger partial charge in [0.1, 0.15) is 5.75 Å². The van der Waals surface area contributed by atoms with E-state index in [-0.39, 0.29) is 22.9 Å². The van der Waals surface area contributed by atoms with Crippen molar-refractivity contribution in [2.24, 2.45) is 0 Å². The second-order valence-corrected chi connectivity index (χ2v) is 3.94. The zero-order chi connectivity index (χ0) is 13.7. The van der Waals surface area contributed by atoms with Crippen LogP contribution in [0.25, 0.3) is 0 Å². The molecule has 1 rings (SSSR count). The number of nitro benzene ring substituents is 1. The van der Waals surface area contributed by atoms with Crippen LogP contribution in [0.2, 0.25) is 0 Å². The molecule has 0 N–H and O–H groups in total. The fraction of sp³-hybridized carbons (Fsp3) is 0.364. The Kier molecular flexibility index (Phi) is 4.91. The standard InChI is InChI=1S/C11H13ClN2O4/c1-13(6-5-12)11(15)9-4-3-8(14(16)17)7-10(9)18-2/h3-4,7H,5-6H2,1-2H3. The lowest BCUT2D eigenvalue weighted by Gasteiger charge is -2.17. The molecular weight excluding hydrogens is 260 g/mol. The number of methoxy groups -OCH3 is 1. The van der Waals surface area contributed by atoms with E-state index in [1.54, 1.807) is 7.05 Å². The number of nitrogens with zero attached hydrogens (tertiary/aromatic N) is 2. The Hall–Kier alpha value is -1.82. The summed E-state index contributed by atoms with van der Waals surface area (Å²) in [7, 11) is 2.96. The Morgan fingerprint density at radius 2 is 2.22 bits per heavy atom. The summed E-state index contributed by atoms with van der Waals surface area (Å²) in [6.07, 6.45) is 0. The first-order chi connectivity index (χ1) is 8.51. The van der Waals surface area contributed by atoms with E-state index >= 15 is 0 Å². The smallest absolute Gasteiger partial charge is 0.273 e. The fourth-order valence-corrected chi connectivity index (χ4v) is 1.66. The largest absolute Gasteiger partial charge is 0.496 e. The highest BCUT2D eigenvalue weighted by molar-refractivity contribution is 6.18. The number of nitro groups is 1. The maximum absolute atomic E-state index is 12.0. The van der Waals surface area contributed by atoms with Gasteiger partial charge in [0, 0.05) is 25.5 Å². The molecule has 0 aliphatic rings. The Labute approximate surface area is 109 Å². The molecule has 0 saturated carbocycles. The molecule has 0 spiro atoms. The van der Waals surface area contributed by atoms with Crippen LogP contribution >= 0.6 is 11.6 Å². The molecule has 0 atom stereocenters. The van der Waals surface area contributed by atoms with E-state index in [9.17, 15) is 14.9 Å². The van der Waals surface area contributed by atoms with E-state index < -0.39 is 4.92 Å².